The number of rotatable bonds is 9. The molecule has 0 saturated carbocycles. The topological polar surface area (TPSA) is 91.4 Å². The Bertz CT molecular complexity index is 1330. The normalized spacial score (nSPS) is 15.1. The van der Waals surface area contributed by atoms with Crippen LogP contribution in [-0.4, -0.2) is 55.3 Å². The molecule has 1 fully saturated rings. The highest BCUT2D eigenvalue weighted by molar-refractivity contribution is 8.01. The van der Waals surface area contributed by atoms with Crippen molar-refractivity contribution in [3.05, 3.63) is 63.5 Å². The lowest BCUT2D eigenvalue weighted by Gasteiger charge is -2.32. The summed E-state index contributed by atoms with van der Waals surface area (Å²) < 4.78 is 26.2. The Labute approximate surface area is 229 Å². The van der Waals surface area contributed by atoms with Gasteiger partial charge in [0.05, 0.1) is 27.7 Å². The maximum Gasteiger partial charge on any atom is 0.230 e. The zero-order valence-electron chi connectivity index (χ0n) is 19.5. The van der Waals surface area contributed by atoms with Gasteiger partial charge in [-0.05, 0) is 42.7 Å². The van der Waals surface area contributed by atoms with Crippen molar-refractivity contribution < 1.29 is 13.2 Å². The van der Waals surface area contributed by atoms with Crippen LogP contribution in [0.25, 0.3) is 11.3 Å². The third-order valence-electron chi connectivity index (χ3n) is 5.61. The van der Waals surface area contributed by atoms with Gasteiger partial charge in [0.25, 0.3) is 0 Å². The molecule has 1 aliphatic rings. The number of benzene rings is 2. The van der Waals surface area contributed by atoms with E-state index in [1.807, 2.05) is 29.6 Å². The minimum absolute atomic E-state index is 0.000896. The van der Waals surface area contributed by atoms with Crippen molar-refractivity contribution in [1.29, 1.82) is 0 Å². The molecule has 36 heavy (non-hydrogen) atoms. The number of hydrogen-bond acceptors (Lipinski definition) is 7. The molecule has 1 amide bonds. The van der Waals surface area contributed by atoms with E-state index in [4.69, 9.17) is 23.2 Å². The van der Waals surface area contributed by atoms with Crippen molar-refractivity contribution in [2.45, 2.75) is 29.8 Å². The Morgan fingerprint density at radius 2 is 1.94 bits per heavy atom. The van der Waals surface area contributed by atoms with Crippen LogP contribution in [-0.2, 0) is 21.4 Å². The number of thioether (sulfide) groups is 1. The summed E-state index contributed by atoms with van der Waals surface area (Å²) in [5.41, 5.74) is 3.17. The van der Waals surface area contributed by atoms with Crippen LogP contribution in [0.3, 0.4) is 0 Å². The van der Waals surface area contributed by atoms with E-state index in [1.54, 1.807) is 18.2 Å². The zero-order chi connectivity index (χ0) is 25.7. The fraction of sp³-hybridized carbons (Fsp3) is 0.333. The zero-order valence-corrected chi connectivity index (χ0v) is 23.5. The molecule has 192 valence electrons. The van der Waals surface area contributed by atoms with Gasteiger partial charge in [-0.2, -0.15) is 0 Å². The van der Waals surface area contributed by atoms with Gasteiger partial charge in [0.15, 0.2) is 4.34 Å². The number of aromatic nitrogens is 1. The van der Waals surface area contributed by atoms with Crippen LogP contribution in [0, 0.1) is 0 Å². The molecule has 3 aromatic rings. The standard InChI is InChI=1S/C24H26Cl2N4O3S3/c1-36(32,33)29-19-4-2-3-17(12-19)22-14-34-24(28-22)35-15-23(31)27-18-7-9-30(10-8-18)13-16-5-6-20(25)21(26)11-16/h2-6,11-12,14,18,29H,7-10,13,15H2,1H3,(H,27,31). The number of amides is 1. The molecule has 1 aromatic heterocycles. The molecule has 0 spiro atoms. The number of sulfonamides is 1. The molecule has 2 aromatic carbocycles. The van der Waals surface area contributed by atoms with E-state index in [2.05, 4.69) is 19.9 Å². The summed E-state index contributed by atoms with van der Waals surface area (Å²) in [5, 5.41) is 6.18. The van der Waals surface area contributed by atoms with E-state index >= 15 is 0 Å². The number of carbonyl (C=O) groups is 1. The SMILES string of the molecule is CS(=O)(=O)Nc1cccc(-c2csc(SCC(=O)NC3CCN(Cc4ccc(Cl)c(Cl)c4)CC3)n2)c1. The van der Waals surface area contributed by atoms with Crippen molar-refractivity contribution in [3.63, 3.8) is 0 Å². The predicted octanol–water partition coefficient (Wildman–Crippen LogP) is 5.36. The van der Waals surface area contributed by atoms with Crippen LogP contribution in [0.1, 0.15) is 18.4 Å². The van der Waals surface area contributed by atoms with E-state index in [9.17, 15) is 13.2 Å². The third-order valence-corrected chi connectivity index (χ3v) is 8.98. The van der Waals surface area contributed by atoms with Gasteiger partial charge >= 0.3 is 0 Å². The maximum absolute atomic E-state index is 12.5. The fourth-order valence-electron chi connectivity index (χ4n) is 3.94. The number of thiazole rings is 1. The molecule has 12 heteroatoms. The minimum Gasteiger partial charge on any atom is -0.353 e. The van der Waals surface area contributed by atoms with Gasteiger partial charge in [-0.1, -0.05) is 53.2 Å². The van der Waals surface area contributed by atoms with Gasteiger partial charge in [-0.25, -0.2) is 13.4 Å². The number of hydrogen-bond donors (Lipinski definition) is 2. The highest BCUT2D eigenvalue weighted by Gasteiger charge is 2.21. The van der Waals surface area contributed by atoms with E-state index in [0.29, 0.717) is 21.5 Å². The molecular weight excluding hydrogens is 559 g/mol. The number of anilines is 1. The first kappa shape index (κ1) is 27.2. The molecule has 0 unspecified atom stereocenters. The lowest BCUT2D eigenvalue weighted by atomic mass is 10.0. The largest absolute Gasteiger partial charge is 0.353 e. The number of nitrogens with zero attached hydrogens (tertiary/aromatic N) is 2. The highest BCUT2D eigenvalue weighted by Crippen LogP contribution is 2.30. The van der Waals surface area contributed by atoms with Crippen molar-refractivity contribution in [2.75, 3.05) is 29.8 Å². The molecule has 0 aliphatic carbocycles. The molecule has 1 saturated heterocycles. The fourth-order valence-corrected chi connectivity index (χ4v) is 6.46. The molecule has 1 aliphatic heterocycles. The van der Waals surface area contributed by atoms with Crippen LogP contribution in [0.5, 0.6) is 0 Å². The van der Waals surface area contributed by atoms with Crippen molar-refractivity contribution in [2.24, 2.45) is 0 Å². The highest BCUT2D eigenvalue weighted by atomic mass is 35.5. The van der Waals surface area contributed by atoms with E-state index in [-0.39, 0.29) is 11.9 Å². The van der Waals surface area contributed by atoms with Crippen LogP contribution in [0.15, 0.2) is 52.2 Å². The lowest BCUT2D eigenvalue weighted by Crippen LogP contribution is -2.44. The first-order chi connectivity index (χ1) is 17.1. The predicted molar refractivity (Wildman–Crippen MR) is 150 cm³/mol. The summed E-state index contributed by atoms with van der Waals surface area (Å²) in [7, 11) is -3.35. The number of piperidine rings is 1. The van der Waals surface area contributed by atoms with Gasteiger partial charge in [-0.3, -0.25) is 14.4 Å². The molecular formula is C24H26Cl2N4O3S3. The summed E-state index contributed by atoms with van der Waals surface area (Å²) in [6.07, 6.45) is 2.91. The Hall–Kier alpha value is -1.82. The van der Waals surface area contributed by atoms with Crippen LogP contribution in [0.2, 0.25) is 10.0 Å². The average molecular weight is 586 g/mol. The second-order valence-electron chi connectivity index (χ2n) is 8.61. The Kier molecular flexibility index (Phi) is 9.19. The summed E-state index contributed by atoms with van der Waals surface area (Å²) in [5.74, 6) is 0.297. The average Bonchev–Trinajstić information content (AvgIpc) is 3.30. The van der Waals surface area contributed by atoms with Gasteiger partial charge in [0.2, 0.25) is 15.9 Å². The molecule has 4 rings (SSSR count). The third kappa shape index (κ3) is 8.09. The monoisotopic (exact) mass is 584 g/mol. The van der Waals surface area contributed by atoms with Gasteiger partial charge in [0.1, 0.15) is 0 Å². The lowest BCUT2D eigenvalue weighted by molar-refractivity contribution is -0.119. The Morgan fingerprint density at radius 3 is 2.67 bits per heavy atom. The second-order valence-corrected chi connectivity index (χ2v) is 13.3. The quantitative estimate of drug-likeness (QED) is 0.329. The number of carbonyl (C=O) groups excluding carboxylic acids is 1. The number of halogens is 2. The smallest absolute Gasteiger partial charge is 0.230 e. The molecule has 0 radical (unpaired) electrons. The second kappa shape index (κ2) is 12.1. The van der Waals surface area contributed by atoms with Crippen molar-refractivity contribution >= 4 is 67.9 Å². The first-order valence-electron chi connectivity index (χ1n) is 11.3. The Balaban J connectivity index is 1.22. The maximum atomic E-state index is 12.5. The van der Waals surface area contributed by atoms with E-state index in [1.165, 1.54) is 23.1 Å². The molecule has 7 nitrogen and oxygen atoms in total. The van der Waals surface area contributed by atoms with Crippen molar-refractivity contribution in [1.82, 2.24) is 15.2 Å². The van der Waals surface area contributed by atoms with Crippen molar-refractivity contribution in [3.8, 4) is 11.3 Å². The van der Waals surface area contributed by atoms with E-state index < -0.39 is 10.0 Å². The van der Waals surface area contributed by atoms with Crippen LogP contribution in [0.4, 0.5) is 5.69 Å². The molecule has 2 N–H and O–H groups in total. The minimum atomic E-state index is -3.35. The van der Waals surface area contributed by atoms with Crippen LogP contribution >= 0.6 is 46.3 Å². The summed E-state index contributed by atoms with van der Waals surface area (Å²) in [6, 6.07) is 13.0. The van der Waals surface area contributed by atoms with Gasteiger partial charge in [-0.15, -0.1) is 11.3 Å². The number of likely N-dealkylation sites (tertiary alicyclic amines) is 1. The molecule has 0 bridgehead atoms. The summed E-state index contributed by atoms with van der Waals surface area (Å²) >= 11 is 15.0. The number of nitrogens with one attached hydrogen (secondary N) is 2. The van der Waals surface area contributed by atoms with E-state index in [0.717, 1.165) is 59.9 Å². The summed E-state index contributed by atoms with van der Waals surface area (Å²) in [6.45, 7) is 2.62. The van der Waals surface area contributed by atoms with Gasteiger partial charge < -0.3 is 5.32 Å². The molecule has 0 atom stereocenters. The molecule has 2 heterocycles. The Morgan fingerprint density at radius 1 is 1.17 bits per heavy atom. The first-order valence-corrected chi connectivity index (χ1v) is 15.8. The summed E-state index contributed by atoms with van der Waals surface area (Å²) in [4.78, 5) is 19.5. The van der Waals surface area contributed by atoms with Gasteiger partial charge in [0, 0.05) is 42.3 Å². The van der Waals surface area contributed by atoms with Crippen LogP contribution < -0.4 is 10.0 Å².